The molecule has 0 amide bonds. The number of cyclic esters (lactones) is 1. The number of ether oxygens (including phenoxy) is 5. The van der Waals surface area contributed by atoms with Crippen LogP contribution in [0.3, 0.4) is 0 Å². The molecular weight excluding hydrogens is 818 g/mol. The molecule has 302 valence electrons. The third-order valence-corrected chi connectivity index (χ3v) is 11.8. The van der Waals surface area contributed by atoms with E-state index < -0.39 is 11.6 Å². The van der Waals surface area contributed by atoms with E-state index in [1.165, 1.54) is 0 Å². The quantitative estimate of drug-likeness (QED) is 0.0494. The number of fused-ring (bicyclic) bond motifs is 1. The number of esters is 1. The number of hydrogen-bond donors (Lipinski definition) is 2. The zero-order valence-corrected chi connectivity index (χ0v) is 36.4. The summed E-state index contributed by atoms with van der Waals surface area (Å²) < 4.78 is 29.0. The van der Waals surface area contributed by atoms with Gasteiger partial charge in [0.25, 0.3) is 0 Å². The van der Waals surface area contributed by atoms with Crippen molar-refractivity contribution in [3.8, 4) is 11.5 Å². The molecule has 0 spiro atoms. The zero-order chi connectivity index (χ0) is 41.9. The van der Waals surface area contributed by atoms with Crippen LogP contribution in [0.15, 0.2) is 97.1 Å². The number of hydrogen-bond acceptors (Lipinski definition) is 8. The van der Waals surface area contributed by atoms with E-state index in [1.54, 1.807) is 28.4 Å². The molecule has 1 heterocycles. The van der Waals surface area contributed by atoms with Gasteiger partial charge in [0.2, 0.25) is 0 Å². The van der Waals surface area contributed by atoms with Gasteiger partial charge >= 0.3 is 5.97 Å². The molecular formula is C46H44Cl4N2O6. The Kier molecular flexibility index (Phi) is 13.4. The van der Waals surface area contributed by atoms with Crippen LogP contribution in [0, 0.1) is 13.8 Å². The maximum atomic E-state index is 14.4. The van der Waals surface area contributed by atoms with Crippen molar-refractivity contribution in [3.05, 3.63) is 162 Å². The summed E-state index contributed by atoms with van der Waals surface area (Å²) in [6, 6.07) is 27.3. The van der Waals surface area contributed by atoms with Crippen LogP contribution in [0.4, 0.5) is 11.4 Å². The average molecular weight is 863 g/mol. The second kappa shape index (κ2) is 18.1. The first-order chi connectivity index (χ1) is 27.7. The van der Waals surface area contributed by atoms with Crippen LogP contribution < -0.4 is 20.1 Å². The van der Waals surface area contributed by atoms with Crippen LogP contribution >= 0.6 is 46.4 Å². The molecule has 2 N–H and O–H groups in total. The molecule has 5 aromatic rings. The number of benzene rings is 5. The Morgan fingerprint density at radius 1 is 0.621 bits per heavy atom. The highest BCUT2D eigenvalue weighted by Crippen LogP contribution is 2.54. The molecule has 0 bridgehead atoms. The highest BCUT2D eigenvalue weighted by molar-refractivity contribution is 6.53. The minimum atomic E-state index is -1.75. The predicted octanol–water partition coefficient (Wildman–Crippen LogP) is 12.4. The number of carbonyl (C=O) groups excluding carboxylic acids is 1. The van der Waals surface area contributed by atoms with Gasteiger partial charge in [-0.05, 0) is 110 Å². The third kappa shape index (κ3) is 8.69. The number of rotatable bonds is 14. The lowest BCUT2D eigenvalue weighted by atomic mass is 9.82. The molecule has 12 heteroatoms. The monoisotopic (exact) mass is 860 g/mol. The summed E-state index contributed by atoms with van der Waals surface area (Å²) in [7, 11) is 6.48. The average Bonchev–Trinajstić information content (AvgIpc) is 3.51. The molecule has 58 heavy (non-hydrogen) atoms. The van der Waals surface area contributed by atoms with Gasteiger partial charge in [0.15, 0.2) is 5.60 Å². The maximum Gasteiger partial charge on any atom is 0.341 e. The largest absolute Gasteiger partial charge is 0.497 e. The highest BCUT2D eigenvalue weighted by atomic mass is 35.5. The smallest absolute Gasteiger partial charge is 0.341 e. The van der Waals surface area contributed by atoms with E-state index in [-0.39, 0.29) is 43.7 Å². The fourth-order valence-corrected chi connectivity index (χ4v) is 7.95. The van der Waals surface area contributed by atoms with Crippen molar-refractivity contribution in [1.29, 1.82) is 0 Å². The Morgan fingerprint density at radius 2 is 1.03 bits per heavy atom. The Morgan fingerprint density at radius 3 is 1.43 bits per heavy atom. The Balaban J connectivity index is 1.81. The van der Waals surface area contributed by atoms with Gasteiger partial charge in [-0.2, -0.15) is 0 Å². The van der Waals surface area contributed by atoms with E-state index in [1.807, 2.05) is 125 Å². The van der Waals surface area contributed by atoms with E-state index in [0.29, 0.717) is 22.6 Å². The normalized spacial score (nSPS) is 16.4. The molecule has 0 aliphatic carbocycles. The summed E-state index contributed by atoms with van der Waals surface area (Å²) in [5.74, 6) is 0.586. The van der Waals surface area contributed by atoms with Crippen molar-refractivity contribution >= 4 is 74.9 Å². The fraction of sp³-hybridized carbons (Fsp3) is 0.239. The second-order valence-electron chi connectivity index (χ2n) is 13.9. The molecule has 2 unspecified atom stereocenters. The van der Waals surface area contributed by atoms with Gasteiger partial charge in [-0.15, -0.1) is 0 Å². The van der Waals surface area contributed by atoms with Crippen LogP contribution in [0.2, 0.25) is 20.1 Å². The molecule has 2 atom stereocenters. The standard InChI is InChI=1S/C46H44Cl4N2O6/c1-25-9-19-33(37(21-25)51-27(3)54-5)35(29-11-15-31(56-7)16-12-29)23-46(40-39(45(53)58-46)41(47)43(49)44(50)42(40)48)24-36(30-13-17-32(57-8)18-14-30)34-20-10-26(2)22-38(34)52-28(4)55-6/h9-24,27-28,51-52H,1-8H3. The van der Waals surface area contributed by atoms with Crippen molar-refractivity contribution in [3.63, 3.8) is 0 Å². The van der Waals surface area contributed by atoms with Crippen molar-refractivity contribution in [1.82, 2.24) is 0 Å². The SMILES string of the molecule is COc1ccc(C(=CC2(C=C(c3ccc(OC)cc3)c3ccc(C)cc3NC(C)OC)OC(=O)c3c(Cl)c(Cl)c(Cl)c(Cl)c32)c2ccc(C)cc2NC(C)OC)cc1. The fourth-order valence-electron chi connectivity index (χ4n) is 6.87. The first kappa shape index (κ1) is 42.9. The summed E-state index contributed by atoms with van der Waals surface area (Å²) in [6.45, 7) is 7.84. The van der Waals surface area contributed by atoms with E-state index in [2.05, 4.69) is 10.6 Å². The minimum Gasteiger partial charge on any atom is -0.497 e. The Labute approximate surface area is 359 Å². The number of anilines is 2. The first-order valence-corrected chi connectivity index (χ1v) is 19.9. The van der Waals surface area contributed by atoms with Crippen molar-refractivity contribution in [2.24, 2.45) is 0 Å². The van der Waals surface area contributed by atoms with Crippen LogP contribution in [0.1, 0.15) is 63.1 Å². The van der Waals surface area contributed by atoms with Crippen LogP contribution in [-0.2, 0) is 19.8 Å². The molecule has 5 aromatic carbocycles. The molecule has 0 saturated carbocycles. The summed E-state index contributed by atoms with van der Waals surface area (Å²) in [6.07, 6.45) is 3.05. The summed E-state index contributed by atoms with van der Waals surface area (Å²) >= 11 is 27.6. The molecule has 1 aliphatic rings. The number of nitrogens with one attached hydrogen (secondary N) is 2. The van der Waals surface area contributed by atoms with E-state index in [0.717, 1.165) is 44.8 Å². The zero-order valence-electron chi connectivity index (χ0n) is 33.4. The molecule has 8 nitrogen and oxygen atoms in total. The van der Waals surface area contributed by atoms with E-state index in [9.17, 15) is 4.79 Å². The third-order valence-electron chi connectivity index (χ3n) is 10.00. The molecule has 1 aliphatic heterocycles. The van der Waals surface area contributed by atoms with Gasteiger partial charge < -0.3 is 34.3 Å². The number of carbonyl (C=O) groups is 1. The maximum absolute atomic E-state index is 14.4. The first-order valence-electron chi connectivity index (χ1n) is 18.4. The predicted molar refractivity (Wildman–Crippen MR) is 236 cm³/mol. The number of aryl methyl sites for hydroxylation is 2. The van der Waals surface area contributed by atoms with Crippen molar-refractivity contribution < 1.29 is 28.5 Å². The van der Waals surface area contributed by atoms with Gasteiger partial charge in [-0.25, -0.2) is 4.79 Å². The highest BCUT2D eigenvalue weighted by Gasteiger charge is 2.48. The van der Waals surface area contributed by atoms with Gasteiger partial charge in [-0.3, -0.25) is 0 Å². The molecule has 6 rings (SSSR count). The van der Waals surface area contributed by atoms with Gasteiger partial charge in [-0.1, -0.05) is 94.9 Å². The van der Waals surface area contributed by atoms with E-state index >= 15 is 0 Å². The minimum absolute atomic E-state index is 0.00208. The molecule has 0 aromatic heterocycles. The number of halogens is 4. The lowest BCUT2D eigenvalue weighted by Gasteiger charge is -2.29. The van der Waals surface area contributed by atoms with Crippen molar-refractivity contribution in [2.45, 2.75) is 45.8 Å². The molecule has 0 saturated heterocycles. The van der Waals surface area contributed by atoms with Gasteiger partial charge in [0.05, 0.1) is 39.9 Å². The van der Waals surface area contributed by atoms with Crippen LogP contribution in [0.5, 0.6) is 11.5 Å². The lowest BCUT2D eigenvalue weighted by molar-refractivity contribution is 0.0300. The lowest BCUT2D eigenvalue weighted by Crippen LogP contribution is -2.24. The van der Waals surface area contributed by atoms with E-state index in [4.69, 9.17) is 70.1 Å². The second-order valence-corrected chi connectivity index (χ2v) is 15.4. The summed E-state index contributed by atoms with van der Waals surface area (Å²) in [5.41, 5.74) is 6.49. The molecule has 0 fully saturated rings. The van der Waals surface area contributed by atoms with Crippen LogP contribution in [-0.4, -0.2) is 46.9 Å². The molecule has 0 radical (unpaired) electrons. The summed E-state index contributed by atoms with van der Waals surface area (Å²) in [4.78, 5) is 14.4. The van der Waals surface area contributed by atoms with Gasteiger partial charge in [0, 0.05) is 42.3 Å². The van der Waals surface area contributed by atoms with Gasteiger partial charge in [0.1, 0.15) is 24.0 Å². The Hall–Kier alpha value is -4.67. The van der Waals surface area contributed by atoms with Crippen molar-refractivity contribution in [2.75, 3.05) is 39.1 Å². The van der Waals surface area contributed by atoms with Crippen LogP contribution in [0.25, 0.3) is 11.1 Å². The topological polar surface area (TPSA) is 87.3 Å². The summed E-state index contributed by atoms with van der Waals surface area (Å²) in [5, 5.41) is 6.83. The number of methoxy groups -OCH3 is 4. The Bertz CT molecular complexity index is 2270.